The zero-order chi connectivity index (χ0) is 15.7. The van der Waals surface area contributed by atoms with Gasteiger partial charge in [0.2, 0.25) is 11.8 Å². The second kappa shape index (κ2) is 9.06. The van der Waals surface area contributed by atoms with Crippen molar-refractivity contribution in [1.29, 1.82) is 0 Å². The Labute approximate surface area is 124 Å². The SMILES string of the molecule is CCCNC(=O)CN(C)C(=O)Cn1cc(CCCO)nn1. The molecule has 8 heteroatoms. The molecule has 0 saturated heterocycles. The fourth-order valence-electron chi connectivity index (χ4n) is 1.67. The molecule has 0 aliphatic rings. The number of amides is 2. The van der Waals surface area contributed by atoms with Crippen LogP contribution in [0, 0.1) is 0 Å². The molecule has 21 heavy (non-hydrogen) atoms. The van der Waals surface area contributed by atoms with Gasteiger partial charge < -0.3 is 15.3 Å². The van der Waals surface area contributed by atoms with Crippen LogP contribution in [0.1, 0.15) is 25.5 Å². The summed E-state index contributed by atoms with van der Waals surface area (Å²) < 4.78 is 1.44. The molecule has 118 valence electrons. The molecule has 0 aromatic carbocycles. The van der Waals surface area contributed by atoms with Crippen molar-refractivity contribution in [3.05, 3.63) is 11.9 Å². The van der Waals surface area contributed by atoms with E-state index in [1.54, 1.807) is 13.2 Å². The standard InChI is InChI=1S/C13H23N5O3/c1-3-6-14-12(20)9-17(2)13(21)10-18-8-11(15-16-18)5-4-7-19/h8,19H,3-7,9-10H2,1-2H3,(H,14,20). The number of rotatable bonds is 9. The minimum Gasteiger partial charge on any atom is -0.396 e. The predicted molar refractivity (Wildman–Crippen MR) is 76.4 cm³/mol. The Morgan fingerprint density at radius 1 is 1.48 bits per heavy atom. The molecule has 0 aliphatic heterocycles. The maximum Gasteiger partial charge on any atom is 0.244 e. The first-order valence-corrected chi connectivity index (χ1v) is 7.07. The second-order valence-corrected chi connectivity index (χ2v) is 4.83. The van der Waals surface area contributed by atoms with Crippen LogP contribution in [-0.4, -0.2) is 63.6 Å². The molecular formula is C13H23N5O3. The highest BCUT2D eigenvalue weighted by Crippen LogP contribution is 1.98. The smallest absolute Gasteiger partial charge is 0.244 e. The molecule has 8 nitrogen and oxygen atoms in total. The summed E-state index contributed by atoms with van der Waals surface area (Å²) in [5, 5.41) is 19.2. The lowest BCUT2D eigenvalue weighted by Gasteiger charge is -2.16. The van der Waals surface area contributed by atoms with Gasteiger partial charge in [-0.2, -0.15) is 0 Å². The number of aliphatic hydroxyl groups is 1. The number of carbonyl (C=O) groups excluding carboxylic acids is 2. The van der Waals surface area contributed by atoms with Gasteiger partial charge in [-0.3, -0.25) is 9.59 Å². The summed E-state index contributed by atoms with van der Waals surface area (Å²) in [4.78, 5) is 24.9. The highest BCUT2D eigenvalue weighted by atomic mass is 16.3. The zero-order valence-corrected chi connectivity index (χ0v) is 12.6. The van der Waals surface area contributed by atoms with Crippen LogP contribution in [0.25, 0.3) is 0 Å². The summed E-state index contributed by atoms with van der Waals surface area (Å²) in [7, 11) is 1.58. The molecule has 1 aromatic rings. The summed E-state index contributed by atoms with van der Waals surface area (Å²) in [5.41, 5.74) is 0.736. The Bertz CT molecular complexity index is 460. The van der Waals surface area contributed by atoms with Crippen LogP contribution in [-0.2, 0) is 22.6 Å². The van der Waals surface area contributed by atoms with Crippen molar-refractivity contribution in [2.45, 2.75) is 32.7 Å². The molecule has 0 saturated carbocycles. The van der Waals surface area contributed by atoms with Gasteiger partial charge in [-0.05, 0) is 19.3 Å². The van der Waals surface area contributed by atoms with Gasteiger partial charge in [-0.25, -0.2) is 4.68 Å². The van der Waals surface area contributed by atoms with Gasteiger partial charge in [0.15, 0.2) is 0 Å². The third-order valence-electron chi connectivity index (χ3n) is 2.85. The number of hydrogen-bond donors (Lipinski definition) is 2. The van der Waals surface area contributed by atoms with Crippen LogP contribution in [0.5, 0.6) is 0 Å². The van der Waals surface area contributed by atoms with E-state index in [1.165, 1.54) is 9.58 Å². The van der Waals surface area contributed by atoms with Crippen molar-refractivity contribution in [3.8, 4) is 0 Å². The van der Waals surface area contributed by atoms with Crippen LogP contribution < -0.4 is 5.32 Å². The van der Waals surface area contributed by atoms with E-state index in [0.29, 0.717) is 19.4 Å². The number of aromatic nitrogens is 3. The number of likely N-dealkylation sites (N-methyl/N-ethyl adjacent to an activating group) is 1. The largest absolute Gasteiger partial charge is 0.396 e. The van der Waals surface area contributed by atoms with Gasteiger partial charge in [0, 0.05) is 26.4 Å². The van der Waals surface area contributed by atoms with Crippen LogP contribution in [0.15, 0.2) is 6.20 Å². The van der Waals surface area contributed by atoms with Crippen LogP contribution in [0.3, 0.4) is 0 Å². The monoisotopic (exact) mass is 297 g/mol. The van der Waals surface area contributed by atoms with E-state index in [-0.39, 0.29) is 31.5 Å². The summed E-state index contributed by atoms with van der Waals surface area (Å²) in [6.07, 6.45) is 3.78. The molecule has 0 spiro atoms. The third kappa shape index (κ3) is 6.35. The maximum absolute atomic E-state index is 12.0. The lowest BCUT2D eigenvalue weighted by Crippen LogP contribution is -2.40. The van der Waals surface area contributed by atoms with Crippen LogP contribution in [0.2, 0.25) is 0 Å². The van der Waals surface area contributed by atoms with Crippen LogP contribution in [0.4, 0.5) is 0 Å². The van der Waals surface area contributed by atoms with Gasteiger partial charge in [-0.15, -0.1) is 5.10 Å². The van der Waals surface area contributed by atoms with Crippen molar-refractivity contribution >= 4 is 11.8 Å². The number of hydrogen-bond acceptors (Lipinski definition) is 5. The first-order chi connectivity index (χ1) is 10.1. The Morgan fingerprint density at radius 2 is 2.24 bits per heavy atom. The van der Waals surface area contributed by atoms with Crippen molar-refractivity contribution < 1.29 is 14.7 Å². The molecule has 0 atom stereocenters. The van der Waals surface area contributed by atoms with Gasteiger partial charge in [-0.1, -0.05) is 12.1 Å². The molecule has 2 N–H and O–H groups in total. The van der Waals surface area contributed by atoms with E-state index < -0.39 is 0 Å². The molecule has 0 radical (unpaired) electrons. The first kappa shape index (κ1) is 17.1. The Hall–Kier alpha value is -1.96. The van der Waals surface area contributed by atoms with Crippen molar-refractivity contribution in [1.82, 2.24) is 25.2 Å². The minimum absolute atomic E-state index is 0.0326. The summed E-state index contributed by atoms with van der Waals surface area (Å²) in [6, 6.07) is 0. The van der Waals surface area contributed by atoms with Gasteiger partial charge >= 0.3 is 0 Å². The zero-order valence-electron chi connectivity index (χ0n) is 12.6. The number of carbonyl (C=O) groups is 2. The average Bonchev–Trinajstić information content (AvgIpc) is 2.90. The second-order valence-electron chi connectivity index (χ2n) is 4.83. The molecule has 1 aromatic heterocycles. The molecule has 0 fully saturated rings. The molecule has 0 unspecified atom stereocenters. The predicted octanol–water partition coefficient (Wildman–Crippen LogP) is -0.812. The molecular weight excluding hydrogens is 274 g/mol. The van der Waals surface area contributed by atoms with Gasteiger partial charge in [0.05, 0.1) is 12.2 Å². The molecule has 0 aliphatic carbocycles. The molecule has 1 rings (SSSR count). The van der Waals surface area contributed by atoms with Gasteiger partial charge in [0.25, 0.3) is 0 Å². The highest BCUT2D eigenvalue weighted by molar-refractivity contribution is 5.84. The normalized spacial score (nSPS) is 10.4. The Kier molecular flexibility index (Phi) is 7.38. The number of aliphatic hydroxyl groups excluding tert-OH is 1. The highest BCUT2D eigenvalue weighted by Gasteiger charge is 2.14. The lowest BCUT2D eigenvalue weighted by molar-refractivity contribution is -0.135. The summed E-state index contributed by atoms with van der Waals surface area (Å²) >= 11 is 0. The van der Waals surface area contributed by atoms with Crippen LogP contribution >= 0.6 is 0 Å². The number of nitrogens with one attached hydrogen (secondary N) is 1. The van der Waals surface area contributed by atoms with Crippen molar-refractivity contribution in [2.24, 2.45) is 0 Å². The lowest BCUT2D eigenvalue weighted by atomic mass is 10.3. The fourth-order valence-corrected chi connectivity index (χ4v) is 1.67. The Morgan fingerprint density at radius 3 is 2.90 bits per heavy atom. The van der Waals surface area contributed by atoms with Gasteiger partial charge in [0.1, 0.15) is 6.54 Å². The first-order valence-electron chi connectivity index (χ1n) is 7.07. The van der Waals surface area contributed by atoms with E-state index in [2.05, 4.69) is 15.6 Å². The van der Waals surface area contributed by atoms with Crippen molar-refractivity contribution in [2.75, 3.05) is 26.7 Å². The number of nitrogens with zero attached hydrogens (tertiary/aromatic N) is 4. The average molecular weight is 297 g/mol. The molecule has 2 amide bonds. The maximum atomic E-state index is 12.0. The van der Waals surface area contributed by atoms with E-state index in [1.807, 2.05) is 6.92 Å². The number of aryl methyl sites for hydroxylation is 1. The van der Waals surface area contributed by atoms with E-state index >= 15 is 0 Å². The summed E-state index contributed by atoms with van der Waals surface area (Å²) in [5.74, 6) is -0.379. The fraction of sp³-hybridized carbons (Fsp3) is 0.692. The summed E-state index contributed by atoms with van der Waals surface area (Å²) in [6.45, 7) is 2.75. The van der Waals surface area contributed by atoms with E-state index in [9.17, 15) is 9.59 Å². The van der Waals surface area contributed by atoms with Crippen molar-refractivity contribution in [3.63, 3.8) is 0 Å². The van der Waals surface area contributed by atoms with E-state index in [0.717, 1.165) is 12.1 Å². The molecule has 0 bridgehead atoms. The minimum atomic E-state index is -0.208. The quantitative estimate of drug-likeness (QED) is 0.621. The topological polar surface area (TPSA) is 100 Å². The molecule has 1 heterocycles. The third-order valence-corrected chi connectivity index (χ3v) is 2.85. The Balaban J connectivity index is 2.41. The van der Waals surface area contributed by atoms with E-state index in [4.69, 9.17) is 5.11 Å².